The summed E-state index contributed by atoms with van der Waals surface area (Å²) in [4.78, 5) is 31.8. The number of carbonyl (C=O) groups is 2. The number of imide groups is 1. The van der Waals surface area contributed by atoms with Gasteiger partial charge in [-0.2, -0.15) is 23.3 Å². The molecule has 0 aliphatic rings. The van der Waals surface area contributed by atoms with Crippen molar-refractivity contribution in [2.24, 2.45) is 0 Å². The first-order valence-corrected chi connectivity index (χ1v) is 13.1. The molecule has 0 N–H and O–H groups in total. The average Bonchev–Trinajstić information content (AvgIpc) is 3.44. The largest absolute Gasteiger partial charge is 0.496 e. The Bertz CT molecular complexity index is 1770. The minimum atomic E-state index is -5.04. The Labute approximate surface area is 245 Å². The van der Waals surface area contributed by atoms with Crippen LogP contribution in [0.15, 0.2) is 28.9 Å². The summed E-state index contributed by atoms with van der Waals surface area (Å²) in [6, 6.07) is 6.35. The first-order valence-electron chi connectivity index (χ1n) is 13.1. The Morgan fingerprint density at radius 3 is 2.07 bits per heavy atom. The summed E-state index contributed by atoms with van der Waals surface area (Å²) in [5.74, 6) is -0.189. The summed E-state index contributed by atoms with van der Waals surface area (Å²) in [5, 5.41) is 9.79. The second kappa shape index (κ2) is 10.5. The average molecular weight is 601 g/mol. The number of halogens is 3. The number of amides is 2. The second-order valence-corrected chi connectivity index (χ2v) is 11.8. The van der Waals surface area contributed by atoms with Crippen LogP contribution >= 0.6 is 0 Å². The molecular formula is C30H31F3N4O6. The summed E-state index contributed by atoms with van der Waals surface area (Å²) >= 11 is 0. The predicted molar refractivity (Wildman–Crippen MR) is 152 cm³/mol. The third-order valence-corrected chi connectivity index (χ3v) is 6.25. The maximum Gasteiger partial charge on any atom is 0.434 e. The molecule has 0 spiro atoms. The Hall–Kier alpha value is -4.73. The summed E-state index contributed by atoms with van der Waals surface area (Å²) in [6.07, 6.45) is -6.44. The molecule has 4 rings (SSSR count). The quantitative estimate of drug-likeness (QED) is 0.232. The number of furan rings is 1. The minimum Gasteiger partial charge on any atom is -0.496 e. The Morgan fingerprint density at radius 1 is 1.00 bits per heavy atom. The molecule has 1 aromatic carbocycles. The number of carbonyl (C=O) groups excluding carboxylic acids is 2. The highest BCUT2D eigenvalue weighted by atomic mass is 19.4. The molecule has 10 nitrogen and oxygen atoms in total. The maximum atomic E-state index is 14.6. The first kappa shape index (κ1) is 31.2. The van der Waals surface area contributed by atoms with Gasteiger partial charge in [0, 0.05) is 11.6 Å². The lowest BCUT2D eigenvalue weighted by atomic mass is 10.1. The van der Waals surface area contributed by atoms with E-state index in [1.54, 1.807) is 73.6 Å². The van der Waals surface area contributed by atoms with E-state index in [1.165, 1.54) is 17.7 Å². The normalized spacial score (nSPS) is 12.3. The van der Waals surface area contributed by atoms with Gasteiger partial charge >= 0.3 is 18.4 Å². The Balaban J connectivity index is 2.35. The predicted octanol–water partition coefficient (Wildman–Crippen LogP) is 7.96. The van der Waals surface area contributed by atoms with Gasteiger partial charge in [0.25, 0.3) is 0 Å². The summed E-state index contributed by atoms with van der Waals surface area (Å²) in [5.41, 5.74) is -3.70. The number of benzene rings is 1. The van der Waals surface area contributed by atoms with Crippen LogP contribution in [-0.2, 0) is 15.7 Å². The van der Waals surface area contributed by atoms with Crippen molar-refractivity contribution in [3.05, 3.63) is 46.8 Å². The van der Waals surface area contributed by atoms with Crippen molar-refractivity contribution in [2.75, 3.05) is 12.0 Å². The molecule has 0 aliphatic heterocycles. The molecule has 0 saturated carbocycles. The van der Waals surface area contributed by atoms with Gasteiger partial charge in [-0.15, -0.1) is 0 Å². The Morgan fingerprint density at radius 2 is 1.58 bits per heavy atom. The number of hydrogen-bond acceptors (Lipinski definition) is 8. The van der Waals surface area contributed by atoms with E-state index in [1.807, 2.05) is 0 Å². The van der Waals surface area contributed by atoms with Crippen molar-refractivity contribution in [1.29, 1.82) is 5.26 Å². The van der Waals surface area contributed by atoms with Crippen molar-refractivity contribution >= 4 is 40.0 Å². The fourth-order valence-corrected chi connectivity index (χ4v) is 4.73. The Kier molecular flexibility index (Phi) is 7.64. The lowest BCUT2D eigenvalue weighted by Gasteiger charge is -2.30. The van der Waals surface area contributed by atoms with Crippen LogP contribution in [-0.4, -0.2) is 40.0 Å². The van der Waals surface area contributed by atoms with E-state index in [0.29, 0.717) is 21.8 Å². The van der Waals surface area contributed by atoms with Gasteiger partial charge in [0.1, 0.15) is 39.6 Å². The third-order valence-electron chi connectivity index (χ3n) is 6.25. The number of anilines is 1. The molecule has 0 atom stereocenters. The number of alkyl halides is 3. The van der Waals surface area contributed by atoms with Crippen LogP contribution in [0.25, 0.3) is 27.7 Å². The van der Waals surface area contributed by atoms with Crippen molar-refractivity contribution in [2.45, 2.75) is 72.8 Å². The maximum absolute atomic E-state index is 14.6. The summed E-state index contributed by atoms with van der Waals surface area (Å²) in [6.45, 7) is 12.6. The highest BCUT2D eigenvalue weighted by molar-refractivity contribution is 6.16. The topological polar surface area (TPSA) is 120 Å². The number of nitriles is 1. The first-order chi connectivity index (χ1) is 19.8. The van der Waals surface area contributed by atoms with Gasteiger partial charge in [-0.05, 0) is 67.0 Å². The van der Waals surface area contributed by atoms with Crippen LogP contribution in [0.1, 0.15) is 63.9 Å². The van der Waals surface area contributed by atoms with Crippen molar-refractivity contribution in [3.8, 4) is 17.5 Å². The highest BCUT2D eigenvalue weighted by Gasteiger charge is 2.44. The van der Waals surface area contributed by atoms with E-state index in [0.717, 1.165) is 6.26 Å². The molecule has 3 aromatic heterocycles. The molecule has 0 fully saturated rings. The van der Waals surface area contributed by atoms with Crippen molar-refractivity contribution in [1.82, 2.24) is 9.55 Å². The fourth-order valence-electron chi connectivity index (χ4n) is 4.73. The zero-order valence-electron chi connectivity index (χ0n) is 25.2. The van der Waals surface area contributed by atoms with E-state index in [9.17, 15) is 28.0 Å². The van der Waals surface area contributed by atoms with Crippen LogP contribution < -0.4 is 9.64 Å². The molecule has 0 radical (unpaired) electrons. The molecule has 4 aromatic rings. The summed E-state index contributed by atoms with van der Waals surface area (Å²) < 4.78 is 67.3. The molecule has 0 bridgehead atoms. The zero-order chi connectivity index (χ0) is 32.2. The molecule has 3 heterocycles. The van der Waals surface area contributed by atoms with Crippen LogP contribution in [0.3, 0.4) is 0 Å². The number of methoxy groups -OCH3 is 1. The lowest BCUT2D eigenvalue weighted by molar-refractivity contribution is -0.139. The van der Waals surface area contributed by atoms with Gasteiger partial charge in [0.05, 0.1) is 24.4 Å². The molecule has 0 saturated heterocycles. The number of aryl methyl sites for hydroxylation is 1. The highest BCUT2D eigenvalue weighted by Crippen LogP contribution is 2.46. The minimum absolute atomic E-state index is 0.110. The van der Waals surface area contributed by atoms with E-state index in [2.05, 4.69) is 4.98 Å². The van der Waals surface area contributed by atoms with Gasteiger partial charge < -0.3 is 18.6 Å². The molecule has 43 heavy (non-hydrogen) atoms. The van der Waals surface area contributed by atoms with Gasteiger partial charge in [-0.3, -0.25) is 4.57 Å². The van der Waals surface area contributed by atoms with Gasteiger partial charge in [0.2, 0.25) is 0 Å². The SMILES string of the molecule is COc1ccc(C)c(-n2c(N(C(=O)OC(C)(C)C)C(=O)OC(C)(C)C)c(C#N)c3c(C(F)(F)F)nc4ccoc4c32)c1C. The molecule has 0 unspecified atom stereocenters. The number of hydrogen-bond donors (Lipinski definition) is 0. The van der Waals surface area contributed by atoms with Gasteiger partial charge in [-0.25, -0.2) is 14.6 Å². The van der Waals surface area contributed by atoms with Gasteiger partial charge in [-0.1, -0.05) is 6.07 Å². The van der Waals surface area contributed by atoms with Crippen LogP contribution in [0, 0.1) is 25.2 Å². The van der Waals surface area contributed by atoms with E-state index in [4.69, 9.17) is 18.6 Å². The number of rotatable bonds is 3. The second-order valence-electron chi connectivity index (χ2n) is 11.8. The smallest absolute Gasteiger partial charge is 0.434 e. The number of nitrogens with zero attached hydrogens (tertiary/aromatic N) is 4. The molecule has 13 heteroatoms. The van der Waals surface area contributed by atoms with Crippen molar-refractivity contribution < 1.29 is 41.4 Å². The van der Waals surface area contributed by atoms with E-state index in [-0.39, 0.29) is 22.3 Å². The fraction of sp³-hybridized carbons (Fsp3) is 0.400. The standard InChI is InChI=1S/C30H31F3N4O6/c1-15-10-11-19(40-9)16(2)21(15)36-22-20(24(30(31,32)33)35-18-12-13-41-23(18)22)17(14-34)25(36)37(26(38)42-28(3,4)5)27(39)43-29(6,7)8/h10-13H,1-9H3. The zero-order valence-corrected chi connectivity index (χ0v) is 25.2. The monoisotopic (exact) mass is 600 g/mol. The van der Waals surface area contributed by atoms with Crippen LogP contribution in [0.4, 0.5) is 28.6 Å². The number of aromatic nitrogens is 2. The third kappa shape index (κ3) is 5.69. The summed E-state index contributed by atoms with van der Waals surface area (Å²) in [7, 11) is 1.42. The number of fused-ring (bicyclic) bond motifs is 3. The lowest BCUT2D eigenvalue weighted by Crippen LogP contribution is -2.45. The van der Waals surface area contributed by atoms with Crippen LogP contribution in [0.5, 0.6) is 5.75 Å². The van der Waals surface area contributed by atoms with Crippen molar-refractivity contribution in [3.63, 3.8) is 0 Å². The van der Waals surface area contributed by atoms with Crippen LogP contribution in [0.2, 0.25) is 0 Å². The molecule has 228 valence electrons. The van der Waals surface area contributed by atoms with E-state index >= 15 is 0 Å². The molecule has 0 aliphatic carbocycles. The van der Waals surface area contributed by atoms with Gasteiger partial charge in [0.15, 0.2) is 17.1 Å². The number of ether oxygens (including phenoxy) is 3. The molecule has 2 amide bonds. The van der Waals surface area contributed by atoms with E-state index < -0.39 is 52.0 Å². The molecular weight excluding hydrogens is 569 g/mol. The number of pyridine rings is 1.